The maximum absolute atomic E-state index is 11.0. The number of likely N-dealkylation sites (tertiary alicyclic amines) is 1. The van der Waals surface area contributed by atoms with Gasteiger partial charge in [0, 0.05) is 25.7 Å². The molecule has 0 amide bonds. The Balaban J connectivity index is 2.03. The fourth-order valence-electron chi connectivity index (χ4n) is 2.36. The van der Waals surface area contributed by atoms with Crippen molar-refractivity contribution in [1.82, 2.24) is 4.90 Å². The Morgan fingerprint density at radius 3 is 2.80 bits per heavy atom. The third kappa shape index (κ3) is 2.91. The molecule has 0 aromatic heterocycles. The van der Waals surface area contributed by atoms with Crippen molar-refractivity contribution >= 4 is 23.3 Å². The van der Waals surface area contributed by atoms with Crippen molar-refractivity contribution < 1.29 is 14.8 Å². The first-order chi connectivity index (χ1) is 9.40. The Labute approximate surface area is 121 Å². The third-order valence-electron chi connectivity index (χ3n) is 3.75. The number of hydrogen-bond acceptors (Lipinski definition) is 4. The molecule has 1 saturated heterocycles. The zero-order valence-electron chi connectivity index (χ0n) is 11.0. The molecule has 0 radical (unpaired) electrons. The molecular weight excluding hydrogens is 284 g/mol. The minimum atomic E-state index is -0.807. The van der Waals surface area contributed by atoms with Gasteiger partial charge in [0.25, 0.3) is 5.69 Å². The summed E-state index contributed by atoms with van der Waals surface area (Å²) < 4.78 is 0. The molecule has 6 nitrogen and oxygen atoms in total. The van der Waals surface area contributed by atoms with Crippen LogP contribution in [0.5, 0.6) is 0 Å². The van der Waals surface area contributed by atoms with Gasteiger partial charge in [-0.15, -0.1) is 0 Å². The molecule has 1 aliphatic heterocycles. The summed E-state index contributed by atoms with van der Waals surface area (Å²) >= 11 is 6.02. The predicted molar refractivity (Wildman–Crippen MR) is 73.7 cm³/mol. The molecule has 1 N–H and O–H groups in total. The van der Waals surface area contributed by atoms with Crippen LogP contribution in [0.2, 0.25) is 5.02 Å². The summed E-state index contributed by atoms with van der Waals surface area (Å²) in [5.41, 5.74) is 0.493. The van der Waals surface area contributed by atoms with Crippen LogP contribution in [0.25, 0.3) is 0 Å². The molecule has 20 heavy (non-hydrogen) atoms. The Morgan fingerprint density at radius 1 is 1.60 bits per heavy atom. The smallest absolute Gasteiger partial charge is 0.306 e. The zero-order valence-corrected chi connectivity index (χ0v) is 11.7. The monoisotopic (exact) mass is 298 g/mol. The van der Waals surface area contributed by atoms with Crippen LogP contribution >= 0.6 is 11.6 Å². The number of rotatable bonds is 5. The van der Waals surface area contributed by atoms with Crippen LogP contribution in [0.4, 0.5) is 5.69 Å². The van der Waals surface area contributed by atoms with Gasteiger partial charge in [0.15, 0.2) is 0 Å². The molecule has 1 aromatic rings. The number of carboxylic acid groups (broad SMARTS) is 1. The van der Waals surface area contributed by atoms with Gasteiger partial charge in [0.2, 0.25) is 0 Å². The van der Waals surface area contributed by atoms with E-state index in [0.29, 0.717) is 30.2 Å². The van der Waals surface area contributed by atoms with Crippen LogP contribution in [-0.2, 0) is 11.3 Å². The zero-order chi connectivity index (χ0) is 14.9. The largest absolute Gasteiger partial charge is 0.481 e. The number of nitrogens with zero attached hydrogens (tertiary/aromatic N) is 2. The van der Waals surface area contributed by atoms with E-state index in [-0.39, 0.29) is 11.6 Å². The molecule has 1 unspecified atom stereocenters. The van der Waals surface area contributed by atoms with Gasteiger partial charge in [-0.05, 0) is 12.0 Å². The second-order valence-electron chi connectivity index (χ2n) is 5.08. The Morgan fingerprint density at radius 2 is 2.25 bits per heavy atom. The molecule has 2 rings (SSSR count). The molecule has 1 atom stereocenters. The first-order valence-corrected chi connectivity index (χ1v) is 6.65. The maximum Gasteiger partial charge on any atom is 0.306 e. The Bertz CT molecular complexity index is 543. The highest BCUT2D eigenvalue weighted by Gasteiger charge is 2.35. The molecule has 1 aliphatic rings. The average molecular weight is 299 g/mol. The molecule has 1 aromatic carbocycles. The van der Waals surface area contributed by atoms with Gasteiger partial charge in [-0.2, -0.15) is 0 Å². The summed E-state index contributed by atoms with van der Waals surface area (Å²) in [6.45, 7) is 3.30. The Kier molecular flexibility index (Phi) is 4.25. The van der Waals surface area contributed by atoms with Crippen LogP contribution in [0.15, 0.2) is 18.2 Å². The lowest BCUT2D eigenvalue weighted by atomic mass is 9.87. The van der Waals surface area contributed by atoms with Gasteiger partial charge in [-0.1, -0.05) is 24.6 Å². The van der Waals surface area contributed by atoms with Crippen molar-refractivity contribution in [3.63, 3.8) is 0 Å². The van der Waals surface area contributed by atoms with E-state index in [9.17, 15) is 14.9 Å². The summed E-state index contributed by atoms with van der Waals surface area (Å²) in [7, 11) is 0. The quantitative estimate of drug-likeness (QED) is 0.666. The number of benzene rings is 1. The summed E-state index contributed by atoms with van der Waals surface area (Å²) in [4.78, 5) is 23.4. The second kappa shape index (κ2) is 5.76. The van der Waals surface area contributed by atoms with E-state index in [4.69, 9.17) is 16.7 Å². The summed E-state index contributed by atoms with van der Waals surface area (Å²) in [5.74, 6) is -1.11. The maximum atomic E-state index is 11.0. The van der Waals surface area contributed by atoms with E-state index in [1.54, 1.807) is 19.1 Å². The lowest BCUT2D eigenvalue weighted by Gasteiger charge is -2.41. The van der Waals surface area contributed by atoms with Crippen molar-refractivity contribution in [3.8, 4) is 0 Å². The number of nitro groups is 1. The fourth-order valence-corrected chi connectivity index (χ4v) is 2.58. The van der Waals surface area contributed by atoms with Crippen LogP contribution in [0.1, 0.15) is 12.5 Å². The van der Waals surface area contributed by atoms with Gasteiger partial charge in [0.05, 0.1) is 21.4 Å². The number of carboxylic acids is 1. The number of halogens is 1. The summed E-state index contributed by atoms with van der Waals surface area (Å²) in [5, 5.41) is 20.3. The molecule has 108 valence electrons. The molecule has 0 saturated carbocycles. The van der Waals surface area contributed by atoms with E-state index in [1.807, 2.05) is 4.90 Å². The molecule has 0 bridgehead atoms. The van der Waals surface area contributed by atoms with Gasteiger partial charge in [0.1, 0.15) is 0 Å². The van der Waals surface area contributed by atoms with Crippen molar-refractivity contribution in [2.45, 2.75) is 13.5 Å². The molecule has 0 spiro atoms. The minimum Gasteiger partial charge on any atom is -0.481 e. The number of carbonyl (C=O) groups is 1. The topological polar surface area (TPSA) is 83.7 Å². The average Bonchev–Trinajstić information content (AvgIpc) is 2.33. The van der Waals surface area contributed by atoms with E-state index < -0.39 is 16.8 Å². The van der Waals surface area contributed by atoms with Gasteiger partial charge in [-0.3, -0.25) is 19.8 Å². The van der Waals surface area contributed by atoms with Crippen LogP contribution < -0.4 is 0 Å². The highest BCUT2D eigenvalue weighted by Crippen LogP contribution is 2.31. The van der Waals surface area contributed by atoms with Crippen LogP contribution in [0, 0.1) is 22.0 Å². The number of nitro benzene ring substituents is 1. The normalized spacial score (nSPS) is 17.5. The van der Waals surface area contributed by atoms with Crippen molar-refractivity contribution in [2.24, 2.45) is 11.8 Å². The molecule has 1 heterocycles. The highest BCUT2D eigenvalue weighted by molar-refractivity contribution is 6.31. The van der Waals surface area contributed by atoms with Crippen molar-refractivity contribution in [3.05, 3.63) is 38.9 Å². The predicted octanol–water partition coefficient (Wildman–Crippen LogP) is 2.40. The molecule has 0 aliphatic carbocycles. The van der Waals surface area contributed by atoms with Crippen molar-refractivity contribution in [2.75, 3.05) is 13.1 Å². The van der Waals surface area contributed by atoms with Crippen LogP contribution in [0.3, 0.4) is 0 Å². The fraction of sp³-hybridized carbons (Fsp3) is 0.462. The molecule has 7 heteroatoms. The lowest BCUT2D eigenvalue weighted by molar-refractivity contribution is -0.385. The number of hydrogen-bond donors (Lipinski definition) is 1. The first kappa shape index (κ1) is 14.7. The third-order valence-corrected chi connectivity index (χ3v) is 4.11. The summed E-state index contributed by atoms with van der Waals surface area (Å²) in [6.07, 6.45) is 0. The van der Waals surface area contributed by atoms with Gasteiger partial charge < -0.3 is 5.11 Å². The number of aliphatic carboxylic acids is 1. The van der Waals surface area contributed by atoms with E-state index in [0.717, 1.165) is 0 Å². The van der Waals surface area contributed by atoms with E-state index in [2.05, 4.69) is 0 Å². The highest BCUT2D eigenvalue weighted by atomic mass is 35.5. The lowest BCUT2D eigenvalue weighted by Crippen LogP contribution is -2.50. The Hall–Kier alpha value is -1.66. The standard InChI is InChI=1S/C13H15ClN2O4/c1-8(13(17)18)9-5-15(6-9)7-10-11(14)3-2-4-12(10)16(19)20/h2-4,8-9H,5-7H2,1H3,(H,17,18). The van der Waals surface area contributed by atoms with Crippen molar-refractivity contribution in [1.29, 1.82) is 0 Å². The molecule has 1 fully saturated rings. The van der Waals surface area contributed by atoms with Gasteiger partial charge >= 0.3 is 5.97 Å². The minimum absolute atomic E-state index is 0.00670. The van der Waals surface area contributed by atoms with E-state index >= 15 is 0 Å². The first-order valence-electron chi connectivity index (χ1n) is 6.27. The summed E-state index contributed by atoms with van der Waals surface area (Å²) in [6, 6.07) is 4.61. The second-order valence-corrected chi connectivity index (χ2v) is 5.48. The van der Waals surface area contributed by atoms with E-state index in [1.165, 1.54) is 6.07 Å². The van der Waals surface area contributed by atoms with Crippen LogP contribution in [-0.4, -0.2) is 34.0 Å². The van der Waals surface area contributed by atoms with Gasteiger partial charge in [-0.25, -0.2) is 0 Å². The molecular formula is C13H15ClN2O4. The SMILES string of the molecule is CC(C(=O)O)C1CN(Cc2c(Cl)cccc2[N+](=O)[O-])C1.